The van der Waals surface area contributed by atoms with Gasteiger partial charge in [0, 0.05) is 12.1 Å². The fourth-order valence-electron chi connectivity index (χ4n) is 1.42. The van der Waals surface area contributed by atoms with Gasteiger partial charge in [0.1, 0.15) is 12.4 Å². The van der Waals surface area contributed by atoms with E-state index in [9.17, 15) is 23.1 Å². The maximum absolute atomic E-state index is 11.8. The SMILES string of the molecule is Cc1cc(O)ccc1C(=O)NCCOCC(F)(F)F. The minimum Gasteiger partial charge on any atom is -0.508 e. The molecule has 0 aliphatic heterocycles. The first-order valence-corrected chi connectivity index (χ1v) is 5.52. The van der Waals surface area contributed by atoms with Crippen LogP contribution in [-0.2, 0) is 4.74 Å². The molecular weight excluding hydrogens is 263 g/mol. The Morgan fingerprint density at radius 2 is 2.11 bits per heavy atom. The molecule has 0 aliphatic rings. The third-order valence-corrected chi connectivity index (χ3v) is 2.25. The van der Waals surface area contributed by atoms with Crippen molar-refractivity contribution in [1.82, 2.24) is 5.32 Å². The van der Waals surface area contributed by atoms with Crippen molar-refractivity contribution in [2.24, 2.45) is 0 Å². The summed E-state index contributed by atoms with van der Waals surface area (Å²) in [6.45, 7) is 0.0769. The third kappa shape index (κ3) is 5.60. The number of hydrogen-bond acceptors (Lipinski definition) is 3. The number of benzene rings is 1. The molecule has 19 heavy (non-hydrogen) atoms. The summed E-state index contributed by atoms with van der Waals surface area (Å²) in [6, 6.07) is 4.23. The highest BCUT2D eigenvalue weighted by Gasteiger charge is 2.27. The van der Waals surface area contributed by atoms with Gasteiger partial charge in [-0.2, -0.15) is 13.2 Å². The molecule has 4 nitrogen and oxygen atoms in total. The maximum Gasteiger partial charge on any atom is 0.411 e. The van der Waals surface area contributed by atoms with E-state index in [1.807, 2.05) is 0 Å². The first-order chi connectivity index (χ1) is 8.79. The highest BCUT2D eigenvalue weighted by atomic mass is 19.4. The van der Waals surface area contributed by atoms with Gasteiger partial charge in [0.2, 0.25) is 0 Å². The second kappa shape index (κ2) is 6.42. The molecule has 2 N–H and O–H groups in total. The molecule has 0 heterocycles. The fraction of sp³-hybridized carbons (Fsp3) is 0.417. The lowest BCUT2D eigenvalue weighted by Crippen LogP contribution is -2.29. The van der Waals surface area contributed by atoms with Crippen LogP contribution in [0.5, 0.6) is 5.75 Å². The van der Waals surface area contributed by atoms with Crippen molar-refractivity contribution in [2.45, 2.75) is 13.1 Å². The van der Waals surface area contributed by atoms with E-state index in [0.29, 0.717) is 11.1 Å². The number of nitrogens with one attached hydrogen (secondary N) is 1. The van der Waals surface area contributed by atoms with Crippen molar-refractivity contribution in [3.8, 4) is 5.75 Å². The number of hydrogen-bond donors (Lipinski definition) is 2. The van der Waals surface area contributed by atoms with E-state index in [1.54, 1.807) is 6.92 Å². The van der Waals surface area contributed by atoms with Gasteiger partial charge in [-0.05, 0) is 30.7 Å². The second-order valence-electron chi connectivity index (χ2n) is 3.92. The van der Waals surface area contributed by atoms with Crippen molar-refractivity contribution in [3.63, 3.8) is 0 Å². The Morgan fingerprint density at radius 1 is 1.42 bits per heavy atom. The number of phenolic OH excluding ortho intramolecular Hbond substituents is 1. The molecule has 0 saturated carbocycles. The molecule has 0 atom stereocenters. The van der Waals surface area contributed by atoms with Crippen LogP contribution in [0.15, 0.2) is 18.2 Å². The lowest BCUT2D eigenvalue weighted by atomic mass is 10.1. The van der Waals surface area contributed by atoms with E-state index in [4.69, 9.17) is 0 Å². The van der Waals surface area contributed by atoms with Gasteiger partial charge in [-0.25, -0.2) is 0 Å². The molecule has 7 heteroatoms. The Bertz CT molecular complexity index is 446. The predicted molar refractivity (Wildman–Crippen MR) is 62.1 cm³/mol. The zero-order valence-electron chi connectivity index (χ0n) is 10.3. The number of amides is 1. The quantitative estimate of drug-likeness (QED) is 0.809. The number of carbonyl (C=O) groups excluding carboxylic acids is 1. The smallest absolute Gasteiger partial charge is 0.411 e. The monoisotopic (exact) mass is 277 g/mol. The molecule has 0 bridgehead atoms. The highest BCUT2D eigenvalue weighted by Crippen LogP contribution is 2.15. The van der Waals surface area contributed by atoms with Crippen molar-refractivity contribution >= 4 is 5.91 Å². The number of alkyl halides is 3. The van der Waals surface area contributed by atoms with E-state index < -0.39 is 18.7 Å². The van der Waals surface area contributed by atoms with Crippen LogP contribution in [0.3, 0.4) is 0 Å². The lowest BCUT2D eigenvalue weighted by Gasteiger charge is -2.09. The van der Waals surface area contributed by atoms with Crippen molar-refractivity contribution < 1.29 is 27.8 Å². The zero-order chi connectivity index (χ0) is 14.5. The first kappa shape index (κ1) is 15.3. The summed E-state index contributed by atoms with van der Waals surface area (Å²) >= 11 is 0. The number of rotatable bonds is 5. The second-order valence-corrected chi connectivity index (χ2v) is 3.92. The van der Waals surface area contributed by atoms with Gasteiger partial charge in [0.15, 0.2) is 0 Å². The first-order valence-electron chi connectivity index (χ1n) is 5.52. The van der Waals surface area contributed by atoms with Gasteiger partial charge in [-0.1, -0.05) is 0 Å². The van der Waals surface area contributed by atoms with Crippen molar-refractivity contribution in [3.05, 3.63) is 29.3 Å². The number of halogens is 3. The molecule has 0 radical (unpaired) electrons. The van der Waals surface area contributed by atoms with E-state index in [-0.39, 0.29) is 18.9 Å². The molecule has 1 aromatic rings. The van der Waals surface area contributed by atoms with Crippen LogP contribution in [0.1, 0.15) is 15.9 Å². The van der Waals surface area contributed by atoms with E-state index in [2.05, 4.69) is 10.1 Å². The van der Waals surface area contributed by atoms with Crippen LogP contribution in [0.2, 0.25) is 0 Å². The molecule has 0 spiro atoms. The van der Waals surface area contributed by atoms with Crippen LogP contribution in [0.4, 0.5) is 13.2 Å². The maximum atomic E-state index is 11.8. The summed E-state index contributed by atoms with van der Waals surface area (Å²) in [4.78, 5) is 11.7. The molecule has 0 unspecified atom stereocenters. The summed E-state index contributed by atoms with van der Waals surface area (Å²) in [5, 5.41) is 11.6. The molecule has 0 fully saturated rings. The third-order valence-electron chi connectivity index (χ3n) is 2.25. The number of carbonyl (C=O) groups is 1. The van der Waals surface area contributed by atoms with Crippen LogP contribution in [0.25, 0.3) is 0 Å². The van der Waals surface area contributed by atoms with E-state index >= 15 is 0 Å². The van der Waals surface area contributed by atoms with Crippen LogP contribution in [-0.4, -0.2) is 36.9 Å². The molecular formula is C12H14F3NO3. The molecule has 1 amide bonds. The van der Waals surface area contributed by atoms with Gasteiger partial charge in [0.05, 0.1) is 6.61 Å². The summed E-state index contributed by atoms with van der Waals surface area (Å²) < 4.78 is 39.6. The average molecular weight is 277 g/mol. The topological polar surface area (TPSA) is 58.6 Å². The Balaban J connectivity index is 2.36. The summed E-state index contributed by atoms with van der Waals surface area (Å²) in [7, 11) is 0. The van der Waals surface area contributed by atoms with Crippen molar-refractivity contribution in [2.75, 3.05) is 19.8 Å². The molecule has 1 aromatic carbocycles. The summed E-state index contributed by atoms with van der Waals surface area (Å²) in [6.07, 6.45) is -4.36. The van der Waals surface area contributed by atoms with E-state index in [0.717, 1.165) is 0 Å². The van der Waals surface area contributed by atoms with Gasteiger partial charge in [-0.3, -0.25) is 4.79 Å². The lowest BCUT2D eigenvalue weighted by molar-refractivity contribution is -0.173. The normalized spacial score (nSPS) is 11.4. The van der Waals surface area contributed by atoms with Crippen LogP contribution < -0.4 is 5.32 Å². The van der Waals surface area contributed by atoms with Gasteiger partial charge in [0.25, 0.3) is 5.91 Å². The van der Waals surface area contributed by atoms with Gasteiger partial charge >= 0.3 is 6.18 Å². The predicted octanol–water partition coefficient (Wildman–Crippen LogP) is 2.01. The Morgan fingerprint density at radius 3 is 2.68 bits per heavy atom. The van der Waals surface area contributed by atoms with Gasteiger partial charge < -0.3 is 15.2 Å². The molecule has 0 aliphatic carbocycles. The van der Waals surface area contributed by atoms with Crippen molar-refractivity contribution in [1.29, 1.82) is 0 Å². The molecule has 106 valence electrons. The largest absolute Gasteiger partial charge is 0.508 e. The number of ether oxygens (including phenoxy) is 1. The molecule has 0 saturated heterocycles. The molecule has 1 rings (SSSR count). The Labute approximate surface area is 108 Å². The Kier molecular flexibility index (Phi) is 5.17. The van der Waals surface area contributed by atoms with Crippen LogP contribution >= 0.6 is 0 Å². The average Bonchev–Trinajstić information content (AvgIpc) is 2.26. The number of phenols is 1. The standard InChI is InChI=1S/C12H14F3NO3/c1-8-6-9(17)2-3-10(8)11(18)16-4-5-19-7-12(13,14)15/h2-3,6,17H,4-5,7H2,1H3,(H,16,18). The van der Waals surface area contributed by atoms with Gasteiger partial charge in [-0.15, -0.1) is 0 Å². The van der Waals surface area contributed by atoms with Crippen LogP contribution in [0, 0.1) is 6.92 Å². The number of aryl methyl sites for hydroxylation is 1. The minimum absolute atomic E-state index is 0.0186. The highest BCUT2D eigenvalue weighted by molar-refractivity contribution is 5.95. The molecule has 0 aromatic heterocycles. The summed E-state index contributed by atoms with van der Waals surface area (Å²) in [5.74, 6) is -0.379. The van der Waals surface area contributed by atoms with E-state index in [1.165, 1.54) is 18.2 Å². The summed E-state index contributed by atoms with van der Waals surface area (Å²) in [5.41, 5.74) is 0.933. The Hall–Kier alpha value is -1.76. The minimum atomic E-state index is -4.36. The zero-order valence-corrected chi connectivity index (χ0v) is 10.3. The fourth-order valence-corrected chi connectivity index (χ4v) is 1.42. The number of aromatic hydroxyl groups is 1.